The molecule has 1 saturated heterocycles. The average Bonchev–Trinajstić information content (AvgIpc) is 3.33. The zero-order valence-corrected chi connectivity index (χ0v) is 20.7. The van der Waals surface area contributed by atoms with Gasteiger partial charge in [-0.3, -0.25) is 14.5 Å². The number of ether oxygens (including phenoxy) is 1. The number of carbonyl (C=O) groups excluding carboxylic acids is 3. The number of imide groups is 1. The molecule has 1 unspecified atom stereocenters. The Kier molecular flexibility index (Phi) is 7.56. The largest absolute Gasteiger partial charge is 0.497 e. The number of thiophene rings is 1. The quantitative estimate of drug-likeness (QED) is 0.566. The van der Waals surface area contributed by atoms with E-state index in [4.69, 9.17) is 4.74 Å². The zero-order valence-electron chi connectivity index (χ0n) is 19.9. The first-order valence-electron chi connectivity index (χ1n) is 12.0. The van der Waals surface area contributed by atoms with Gasteiger partial charge < -0.3 is 15.0 Å². The lowest BCUT2D eigenvalue weighted by Gasteiger charge is -2.31. The molecule has 0 bridgehead atoms. The second-order valence-corrected chi connectivity index (χ2v) is 10.4. The molecular weight excluding hydrogens is 450 g/mol. The fraction of sp³-hybridized carbons (Fsp3) is 0.500. The highest BCUT2D eigenvalue weighted by molar-refractivity contribution is 7.09. The van der Waals surface area contributed by atoms with Gasteiger partial charge in [-0.05, 0) is 48.9 Å². The summed E-state index contributed by atoms with van der Waals surface area (Å²) in [5.41, 5.74) is 0.127. The Morgan fingerprint density at radius 1 is 1.15 bits per heavy atom. The van der Waals surface area contributed by atoms with Crippen LogP contribution in [-0.4, -0.2) is 52.9 Å². The van der Waals surface area contributed by atoms with Crippen molar-refractivity contribution in [1.29, 1.82) is 0 Å². The second kappa shape index (κ2) is 10.6. The molecule has 34 heavy (non-hydrogen) atoms. The molecule has 2 aliphatic rings. The highest BCUT2D eigenvalue weighted by Gasteiger charge is 2.51. The molecule has 1 aromatic carbocycles. The molecule has 1 aliphatic heterocycles. The van der Waals surface area contributed by atoms with Gasteiger partial charge in [0.1, 0.15) is 17.8 Å². The number of amides is 4. The van der Waals surface area contributed by atoms with Gasteiger partial charge in [0.15, 0.2) is 0 Å². The van der Waals surface area contributed by atoms with Crippen molar-refractivity contribution in [3.05, 3.63) is 52.2 Å². The van der Waals surface area contributed by atoms with Crippen LogP contribution in [0.1, 0.15) is 55.9 Å². The van der Waals surface area contributed by atoms with Gasteiger partial charge in [0.25, 0.3) is 5.91 Å². The van der Waals surface area contributed by atoms with Crippen LogP contribution in [0.3, 0.4) is 0 Å². The van der Waals surface area contributed by atoms with Crippen molar-refractivity contribution < 1.29 is 19.1 Å². The normalized spacial score (nSPS) is 18.5. The SMILES string of the molecule is COc1ccc(CN(C(=O)CN2C(=O)NC3(CCCCCC3)C2=O)C(C)Cc2cccs2)cc1. The lowest BCUT2D eigenvalue weighted by molar-refractivity contribution is -0.140. The number of benzene rings is 1. The topological polar surface area (TPSA) is 79.0 Å². The van der Waals surface area contributed by atoms with Gasteiger partial charge in [0, 0.05) is 23.9 Å². The van der Waals surface area contributed by atoms with Gasteiger partial charge >= 0.3 is 6.03 Å². The standard InChI is InChI=1S/C26H33N3O4S/c1-19(16-22-8-7-15-34-22)28(17-20-9-11-21(33-2)12-10-20)23(30)18-29-24(31)26(27-25(29)32)13-5-3-4-6-14-26/h7-12,15,19H,3-6,13-14,16-18H2,1-2H3,(H,27,32). The molecule has 7 nitrogen and oxygen atoms in total. The summed E-state index contributed by atoms with van der Waals surface area (Å²) < 4.78 is 5.25. The fourth-order valence-electron chi connectivity index (χ4n) is 4.96. The van der Waals surface area contributed by atoms with Crippen LogP contribution in [0.25, 0.3) is 0 Å². The second-order valence-electron chi connectivity index (χ2n) is 9.32. The van der Waals surface area contributed by atoms with Gasteiger partial charge in [-0.1, -0.05) is 43.9 Å². The predicted octanol–water partition coefficient (Wildman–Crippen LogP) is 4.36. The van der Waals surface area contributed by atoms with Crippen LogP contribution in [0.2, 0.25) is 0 Å². The summed E-state index contributed by atoms with van der Waals surface area (Å²) in [6.45, 7) is 2.17. The van der Waals surface area contributed by atoms with Gasteiger partial charge in [0.2, 0.25) is 5.91 Å². The summed E-state index contributed by atoms with van der Waals surface area (Å²) in [6.07, 6.45) is 5.97. The number of hydrogen-bond donors (Lipinski definition) is 1. The van der Waals surface area contributed by atoms with Crippen molar-refractivity contribution >= 4 is 29.2 Å². The minimum absolute atomic E-state index is 0.0964. The van der Waals surface area contributed by atoms with Crippen LogP contribution in [0.4, 0.5) is 4.79 Å². The molecule has 182 valence electrons. The molecule has 1 aliphatic carbocycles. The van der Waals surface area contributed by atoms with Crippen molar-refractivity contribution in [1.82, 2.24) is 15.1 Å². The van der Waals surface area contributed by atoms with E-state index < -0.39 is 11.6 Å². The van der Waals surface area contributed by atoms with Crippen molar-refractivity contribution in [2.45, 2.75) is 70.0 Å². The fourth-order valence-corrected chi connectivity index (χ4v) is 5.79. The van der Waals surface area contributed by atoms with E-state index in [0.717, 1.165) is 41.9 Å². The Hall–Kier alpha value is -2.87. The number of methoxy groups -OCH3 is 1. The van der Waals surface area contributed by atoms with Crippen LogP contribution >= 0.6 is 11.3 Å². The van der Waals surface area contributed by atoms with E-state index in [1.54, 1.807) is 23.3 Å². The van der Waals surface area contributed by atoms with E-state index in [2.05, 4.69) is 11.4 Å². The summed E-state index contributed by atoms with van der Waals surface area (Å²) in [7, 11) is 1.62. The minimum atomic E-state index is -0.836. The Balaban J connectivity index is 1.51. The maximum atomic E-state index is 13.6. The first kappa shape index (κ1) is 24.3. The molecule has 4 amide bonds. The third-order valence-electron chi connectivity index (χ3n) is 6.94. The maximum absolute atomic E-state index is 13.6. The molecule has 8 heteroatoms. The van der Waals surface area contributed by atoms with Gasteiger partial charge in [-0.25, -0.2) is 4.79 Å². The maximum Gasteiger partial charge on any atom is 0.325 e. The number of rotatable bonds is 8. The van der Waals surface area contributed by atoms with Crippen molar-refractivity contribution in [2.75, 3.05) is 13.7 Å². The van der Waals surface area contributed by atoms with E-state index in [1.165, 1.54) is 4.88 Å². The molecule has 1 atom stereocenters. The summed E-state index contributed by atoms with van der Waals surface area (Å²) in [4.78, 5) is 43.8. The molecule has 2 aromatic rings. The Bertz CT molecular complexity index is 998. The summed E-state index contributed by atoms with van der Waals surface area (Å²) in [6, 6.07) is 11.1. The van der Waals surface area contributed by atoms with Crippen molar-refractivity contribution in [2.24, 2.45) is 0 Å². The highest BCUT2D eigenvalue weighted by atomic mass is 32.1. The molecule has 0 radical (unpaired) electrons. The summed E-state index contributed by atoms with van der Waals surface area (Å²) >= 11 is 1.66. The van der Waals surface area contributed by atoms with Gasteiger partial charge in [-0.15, -0.1) is 11.3 Å². The van der Waals surface area contributed by atoms with E-state index in [0.29, 0.717) is 25.8 Å². The predicted molar refractivity (Wildman–Crippen MR) is 132 cm³/mol. The Morgan fingerprint density at radius 2 is 1.85 bits per heavy atom. The molecule has 1 spiro atoms. The van der Waals surface area contributed by atoms with Crippen LogP contribution in [0.15, 0.2) is 41.8 Å². The molecule has 1 aromatic heterocycles. The van der Waals surface area contributed by atoms with Crippen LogP contribution in [0.5, 0.6) is 5.75 Å². The van der Waals surface area contributed by atoms with E-state index in [-0.39, 0.29) is 24.4 Å². The molecular formula is C26H33N3O4S. The first-order chi connectivity index (χ1) is 16.4. The lowest BCUT2D eigenvalue weighted by atomic mass is 9.90. The third-order valence-corrected chi connectivity index (χ3v) is 7.84. The lowest BCUT2D eigenvalue weighted by Crippen LogP contribution is -2.48. The first-order valence-corrected chi connectivity index (χ1v) is 12.9. The molecule has 2 heterocycles. The summed E-state index contributed by atoms with van der Waals surface area (Å²) in [5, 5.41) is 4.96. The van der Waals surface area contributed by atoms with Crippen molar-refractivity contribution in [3.63, 3.8) is 0 Å². The smallest absolute Gasteiger partial charge is 0.325 e. The van der Waals surface area contributed by atoms with Gasteiger partial charge in [-0.2, -0.15) is 0 Å². The Morgan fingerprint density at radius 3 is 2.47 bits per heavy atom. The van der Waals surface area contributed by atoms with Gasteiger partial charge in [0.05, 0.1) is 7.11 Å². The van der Waals surface area contributed by atoms with E-state index in [9.17, 15) is 14.4 Å². The number of nitrogens with zero attached hydrogens (tertiary/aromatic N) is 2. The van der Waals surface area contributed by atoms with Crippen LogP contribution in [-0.2, 0) is 22.6 Å². The molecule has 2 fully saturated rings. The monoisotopic (exact) mass is 483 g/mol. The third kappa shape index (κ3) is 5.27. The van der Waals surface area contributed by atoms with Crippen LogP contribution in [0, 0.1) is 0 Å². The van der Waals surface area contributed by atoms with Crippen molar-refractivity contribution in [3.8, 4) is 5.75 Å². The number of carbonyl (C=O) groups is 3. The molecule has 4 rings (SSSR count). The number of nitrogens with one attached hydrogen (secondary N) is 1. The molecule has 1 N–H and O–H groups in total. The van der Waals surface area contributed by atoms with Crippen LogP contribution < -0.4 is 10.1 Å². The number of hydrogen-bond acceptors (Lipinski definition) is 5. The average molecular weight is 484 g/mol. The number of urea groups is 1. The Labute approximate surface area is 205 Å². The van der Waals surface area contributed by atoms with E-state index >= 15 is 0 Å². The summed E-state index contributed by atoms with van der Waals surface area (Å²) in [5.74, 6) is 0.276. The minimum Gasteiger partial charge on any atom is -0.497 e. The zero-order chi connectivity index (χ0) is 24.1. The molecule has 1 saturated carbocycles. The van der Waals surface area contributed by atoms with E-state index in [1.807, 2.05) is 42.6 Å². The highest BCUT2D eigenvalue weighted by Crippen LogP contribution is 2.33.